The number of fused-ring (bicyclic) bond motifs is 1. The number of nitrogens with one attached hydrogen (secondary N) is 1. The number of carbonyl (C=O) groups is 1. The Hall–Kier alpha value is -1.52. The number of rotatable bonds is 1. The van der Waals surface area contributed by atoms with Gasteiger partial charge in [-0.2, -0.15) is 5.10 Å². The van der Waals surface area contributed by atoms with Crippen molar-refractivity contribution in [1.82, 2.24) is 9.78 Å². The van der Waals surface area contributed by atoms with Gasteiger partial charge < -0.3 is 5.32 Å². The molecule has 0 bridgehead atoms. The van der Waals surface area contributed by atoms with Crippen molar-refractivity contribution in [3.05, 3.63) is 45.1 Å². The van der Waals surface area contributed by atoms with E-state index < -0.39 is 0 Å². The van der Waals surface area contributed by atoms with Crippen molar-refractivity contribution in [1.29, 1.82) is 0 Å². The number of hydrogen-bond donors (Lipinski definition) is 1. The molecular formula is C14H13Cl2N3O. The Morgan fingerprint density at radius 1 is 1.30 bits per heavy atom. The summed E-state index contributed by atoms with van der Waals surface area (Å²) >= 11 is 12.6. The highest BCUT2D eigenvalue weighted by atomic mass is 35.5. The monoisotopic (exact) mass is 309 g/mol. The van der Waals surface area contributed by atoms with Crippen molar-refractivity contribution in [3.8, 4) is 0 Å². The molecule has 20 heavy (non-hydrogen) atoms. The van der Waals surface area contributed by atoms with Gasteiger partial charge in [0.05, 0.1) is 5.69 Å². The van der Waals surface area contributed by atoms with Gasteiger partial charge in [0.15, 0.2) is 0 Å². The summed E-state index contributed by atoms with van der Waals surface area (Å²) in [5, 5.41) is 8.39. The molecule has 1 amide bonds. The molecule has 3 rings (SSSR count). The Kier molecular flexibility index (Phi) is 3.22. The number of nitrogens with zero attached hydrogens (tertiary/aromatic N) is 2. The number of halogens is 2. The highest BCUT2D eigenvalue weighted by molar-refractivity contribution is 6.36. The van der Waals surface area contributed by atoms with Crippen molar-refractivity contribution in [2.75, 3.05) is 5.32 Å². The Balaban J connectivity index is 2.24. The van der Waals surface area contributed by atoms with Gasteiger partial charge in [-0.3, -0.25) is 9.48 Å². The van der Waals surface area contributed by atoms with Crippen LogP contribution in [0.1, 0.15) is 29.2 Å². The molecule has 1 aliphatic heterocycles. The van der Waals surface area contributed by atoms with E-state index in [0.29, 0.717) is 16.5 Å². The largest absolute Gasteiger partial charge is 0.311 e. The SMILES string of the molecule is Cc1nn(C)c2c1[C@@H](c1c(Cl)cccc1Cl)CC(=O)N2. The first-order valence-corrected chi connectivity index (χ1v) is 7.02. The first-order chi connectivity index (χ1) is 9.49. The number of aryl methyl sites for hydroxylation is 2. The molecule has 0 fully saturated rings. The maximum absolute atomic E-state index is 12.0. The van der Waals surface area contributed by atoms with Gasteiger partial charge in [0, 0.05) is 35.0 Å². The highest BCUT2D eigenvalue weighted by Gasteiger charge is 2.33. The summed E-state index contributed by atoms with van der Waals surface area (Å²) in [6, 6.07) is 5.38. The van der Waals surface area contributed by atoms with E-state index in [-0.39, 0.29) is 11.8 Å². The van der Waals surface area contributed by atoms with Crippen LogP contribution >= 0.6 is 23.2 Å². The van der Waals surface area contributed by atoms with Gasteiger partial charge in [-0.05, 0) is 24.6 Å². The van der Waals surface area contributed by atoms with Crippen LogP contribution in [-0.4, -0.2) is 15.7 Å². The van der Waals surface area contributed by atoms with Crippen LogP contribution in [-0.2, 0) is 11.8 Å². The highest BCUT2D eigenvalue weighted by Crippen LogP contribution is 2.43. The van der Waals surface area contributed by atoms with E-state index in [2.05, 4.69) is 10.4 Å². The summed E-state index contributed by atoms with van der Waals surface area (Å²) in [5.74, 6) is 0.509. The van der Waals surface area contributed by atoms with E-state index in [1.165, 1.54) is 0 Å². The van der Waals surface area contributed by atoms with Gasteiger partial charge in [-0.25, -0.2) is 0 Å². The molecule has 0 radical (unpaired) electrons. The zero-order valence-electron chi connectivity index (χ0n) is 11.1. The van der Waals surface area contributed by atoms with Gasteiger partial charge in [-0.1, -0.05) is 29.3 Å². The van der Waals surface area contributed by atoms with Crippen molar-refractivity contribution < 1.29 is 4.79 Å². The molecular weight excluding hydrogens is 297 g/mol. The minimum atomic E-state index is -0.159. The Morgan fingerprint density at radius 2 is 1.95 bits per heavy atom. The Labute approximate surface area is 126 Å². The molecule has 0 saturated carbocycles. The molecule has 1 aliphatic rings. The van der Waals surface area contributed by atoms with Gasteiger partial charge in [0.25, 0.3) is 0 Å². The van der Waals surface area contributed by atoms with Gasteiger partial charge in [0.1, 0.15) is 5.82 Å². The van der Waals surface area contributed by atoms with E-state index >= 15 is 0 Å². The first-order valence-electron chi connectivity index (χ1n) is 6.26. The first kappa shape index (κ1) is 13.5. The van der Waals surface area contributed by atoms with Crippen LogP contribution in [0.4, 0.5) is 5.82 Å². The Bertz CT molecular complexity index is 688. The third kappa shape index (κ3) is 2.00. The summed E-state index contributed by atoms with van der Waals surface area (Å²) in [7, 11) is 1.81. The number of benzene rings is 1. The molecule has 0 saturated heterocycles. The van der Waals surface area contributed by atoms with Crippen molar-refractivity contribution in [2.24, 2.45) is 7.05 Å². The van der Waals surface area contributed by atoms with Crippen LogP contribution in [0.15, 0.2) is 18.2 Å². The lowest BCUT2D eigenvalue weighted by atomic mass is 9.85. The van der Waals surface area contributed by atoms with E-state index in [9.17, 15) is 4.79 Å². The van der Waals surface area contributed by atoms with E-state index in [1.807, 2.05) is 14.0 Å². The van der Waals surface area contributed by atoms with Crippen LogP contribution in [0.3, 0.4) is 0 Å². The lowest BCUT2D eigenvalue weighted by Crippen LogP contribution is -2.25. The number of amides is 1. The molecule has 1 aromatic carbocycles. The standard InChI is InChI=1S/C14H13Cl2N3O/c1-7-12-8(13-9(15)4-3-5-10(13)16)6-11(20)17-14(12)19(2)18-7/h3-5,8H,6H2,1-2H3,(H,17,20)/t8-/m0/s1. The predicted octanol–water partition coefficient (Wildman–Crippen LogP) is 3.51. The average molecular weight is 310 g/mol. The molecule has 0 unspecified atom stereocenters. The fraction of sp³-hybridized carbons (Fsp3) is 0.286. The van der Waals surface area contributed by atoms with E-state index in [4.69, 9.17) is 23.2 Å². The normalized spacial score (nSPS) is 17.8. The molecule has 6 heteroatoms. The lowest BCUT2D eigenvalue weighted by molar-refractivity contribution is -0.116. The van der Waals surface area contributed by atoms with Crippen LogP contribution in [0.25, 0.3) is 0 Å². The minimum absolute atomic E-state index is 0.0542. The number of aromatic nitrogens is 2. The van der Waals surface area contributed by atoms with Crippen molar-refractivity contribution >= 4 is 34.9 Å². The molecule has 1 atom stereocenters. The molecule has 2 heterocycles. The summed E-state index contributed by atoms with van der Waals surface area (Å²) in [5.41, 5.74) is 2.66. The molecule has 1 N–H and O–H groups in total. The topological polar surface area (TPSA) is 46.9 Å². The maximum Gasteiger partial charge on any atom is 0.226 e. The fourth-order valence-electron chi connectivity index (χ4n) is 2.80. The van der Waals surface area contributed by atoms with E-state index in [1.54, 1.807) is 22.9 Å². The zero-order chi connectivity index (χ0) is 14.4. The predicted molar refractivity (Wildman–Crippen MR) is 79.5 cm³/mol. The number of carbonyl (C=O) groups excluding carboxylic acids is 1. The second kappa shape index (κ2) is 4.79. The van der Waals surface area contributed by atoms with Crippen LogP contribution in [0, 0.1) is 6.92 Å². The molecule has 4 nitrogen and oxygen atoms in total. The molecule has 2 aromatic rings. The average Bonchev–Trinajstić information content (AvgIpc) is 2.64. The molecule has 104 valence electrons. The van der Waals surface area contributed by atoms with Crippen LogP contribution in [0.5, 0.6) is 0 Å². The minimum Gasteiger partial charge on any atom is -0.311 e. The van der Waals surface area contributed by atoms with E-state index in [0.717, 1.165) is 22.6 Å². The van der Waals surface area contributed by atoms with Gasteiger partial charge in [0.2, 0.25) is 5.91 Å². The number of anilines is 1. The molecule has 1 aromatic heterocycles. The third-order valence-corrected chi connectivity index (χ3v) is 4.27. The molecule has 0 aliphatic carbocycles. The zero-order valence-corrected chi connectivity index (χ0v) is 12.6. The summed E-state index contributed by atoms with van der Waals surface area (Å²) in [4.78, 5) is 12.0. The quantitative estimate of drug-likeness (QED) is 0.876. The van der Waals surface area contributed by atoms with Crippen molar-refractivity contribution in [2.45, 2.75) is 19.3 Å². The lowest BCUT2D eigenvalue weighted by Gasteiger charge is -2.25. The Morgan fingerprint density at radius 3 is 2.60 bits per heavy atom. The summed E-state index contributed by atoms with van der Waals surface area (Å²) in [6.07, 6.45) is 0.322. The summed E-state index contributed by atoms with van der Waals surface area (Å²) < 4.78 is 1.68. The van der Waals surface area contributed by atoms with Gasteiger partial charge >= 0.3 is 0 Å². The van der Waals surface area contributed by atoms with Crippen LogP contribution in [0.2, 0.25) is 10.0 Å². The maximum atomic E-state index is 12.0. The van der Waals surface area contributed by atoms with Crippen molar-refractivity contribution in [3.63, 3.8) is 0 Å². The second-order valence-corrected chi connectivity index (χ2v) is 5.73. The molecule has 0 spiro atoms. The van der Waals surface area contributed by atoms with Crippen LogP contribution < -0.4 is 5.32 Å². The van der Waals surface area contributed by atoms with Gasteiger partial charge in [-0.15, -0.1) is 0 Å². The smallest absolute Gasteiger partial charge is 0.226 e. The second-order valence-electron chi connectivity index (χ2n) is 4.91. The fourth-order valence-corrected chi connectivity index (χ4v) is 3.46. The third-order valence-electron chi connectivity index (χ3n) is 3.61. The number of hydrogen-bond acceptors (Lipinski definition) is 2. The summed E-state index contributed by atoms with van der Waals surface area (Å²) in [6.45, 7) is 1.92.